The number of carbonyl (C=O) groups is 2. The zero-order chi connectivity index (χ0) is 27.0. The number of pyridine rings is 1. The lowest BCUT2D eigenvalue weighted by molar-refractivity contribution is 0.101. The minimum atomic E-state index is -0.305. The number of hydrogen-bond acceptors (Lipinski definition) is 6. The van der Waals surface area contributed by atoms with Gasteiger partial charge in [0.2, 0.25) is 5.88 Å². The molecule has 4 aromatic rings. The largest absolute Gasteiger partial charge is 0.480 e. The molecule has 0 unspecified atom stereocenters. The van der Waals surface area contributed by atoms with Gasteiger partial charge in [0.1, 0.15) is 0 Å². The van der Waals surface area contributed by atoms with Crippen molar-refractivity contribution in [2.24, 2.45) is 7.05 Å². The molecule has 1 aliphatic heterocycles. The van der Waals surface area contributed by atoms with Gasteiger partial charge in [0, 0.05) is 43.4 Å². The van der Waals surface area contributed by atoms with Gasteiger partial charge in [-0.15, -0.1) is 0 Å². The van der Waals surface area contributed by atoms with Crippen LogP contribution >= 0.6 is 11.6 Å². The summed E-state index contributed by atoms with van der Waals surface area (Å²) in [6, 6.07) is 14.9. The van der Waals surface area contributed by atoms with Gasteiger partial charge < -0.3 is 19.5 Å². The van der Waals surface area contributed by atoms with Crippen LogP contribution in [0.4, 0.5) is 5.69 Å². The summed E-state index contributed by atoms with van der Waals surface area (Å²) in [6.45, 7) is 3.65. The summed E-state index contributed by atoms with van der Waals surface area (Å²) in [5.41, 5.74) is 7.11. The Labute approximate surface area is 226 Å². The first-order chi connectivity index (χ1) is 18.3. The Bertz CT molecular complexity index is 1560. The summed E-state index contributed by atoms with van der Waals surface area (Å²) >= 11 is 6.87. The second-order valence-electron chi connectivity index (χ2n) is 9.39. The van der Waals surface area contributed by atoms with Crippen molar-refractivity contribution >= 4 is 29.5 Å². The summed E-state index contributed by atoms with van der Waals surface area (Å²) < 4.78 is 7.16. The summed E-state index contributed by atoms with van der Waals surface area (Å²) in [5, 5.41) is 3.39. The van der Waals surface area contributed by atoms with Crippen LogP contribution in [0.5, 0.6) is 5.88 Å². The van der Waals surface area contributed by atoms with Crippen molar-refractivity contribution in [1.29, 1.82) is 0 Å². The number of hydrogen-bond donors (Lipinski definition) is 1. The van der Waals surface area contributed by atoms with Gasteiger partial charge in [-0.25, -0.2) is 9.97 Å². The number of carbonyl (C=O) groups excluding carboxylic acids is 2. The van der Waals surface area contributed by atoms with Gasteiger partial charge in [0.25, 0.3) is 5.91 Å². The van der Waals surface area contributed by atoms with Gasteiger partial charge in [-0.3, -0.25) is 9.59 Å². The van der Waals surface area contributed by atoms with Crippen molar-refractivity contribution in [3.63, 3.8) is 0 Å². The number of aromatic nitrogens is 3. The highest BCUT2D eigenvalue weighted by Crippen LogP contribution is 2.38. The lowest BCUT2D eigenvalue weighted by Crippen LogP contribution is -2.27. The monoisotopic (exact) mass is 529 g/mol. The third-order valence-electron chi connectivity index (χ3n) is 7.01. The summed E-state index contributed by atoms with van der Waals surface area (Å²) in [5.74, 6) is 0.331. The molecule has 0 aliphatic carbocycles. The molecule has 0 bridgehead atoms. The zero-order valence-corrected chi connectivity index (χ0v) is 22.5. The van der Waals surface area contributed by atoms with Crippen molar-refractivity contribution in [1.82, 2.24) is 19.4 Å². The lowest BCUT2D eigenvalue weighted by atomic mass is 9.94. The van der Waals surface area contributed by atoms with Crippen LogP contribution in [0, 0.1) is 6.92 Å². The molecule has 194 valence electrons. The standard InChI is InChI=1S/C29H28ClN5O3/c1-17-19(7-5-8-20(17)22-12-11-18(16-36)29(33-22)38-4)21-9-6-10-23(26(21)30)32-28(37)27-31-24-15-34(2)14-13-25(24)35(27)3/h5-12,16H,13-15H2,1-4H3,(H,32,37). The van der Waals surface area contributed by atoms with Crippen LogP contribution in [0.3, 0.4) is 0 Å². The number of benzene rings is 2. The van der Waals surface area contributed by atoms with E-state index in [1.165, 1.54) is 7.11 Å². The Morgan fingerprint density at radius 3 is 2.55 bits per heavy atom. The quantitative estimate of drug-likeness (QED) is 0.346. The van der Waals surface area contributed by atoms with E-state index in [4.69, 9.17) is 16.3 Å². The van der Waals surface area contributed by atoms with Gasteiger partial charge in [-0.05, 0) is 43.3 Å². The molecular weight excluding hydrogens is 502 g/mol. The second-order valence-corrected chi connectivity index (χ2v) is 9.77. The number of rotatable bonds is 6. The molecule has 38 heavy (non-hydrogen) atoms. The summed E-state index contributed by atoms with van der Waals surface area (Å²) in [4.78, 5) is 35.9. The van der Waals surface area contributed by atoms with Crippen molar-refractivity contribution in [3.8, 4) is 28.3 Å². The number of nitrogens with zero attached hydrogens (tertiary/aromatic N) is 4. The van der Waals surface area contributed by atoms with E-state index in [9.17, 15) is 9.59 Å². The van der Waals surface area contributed by atoms with Crippen molar-refractivity contribution in [2.45, 2.75) is 19.9 Å². The molecular formula is C29H28ClN5O3. The van der Waals surface area contributed by atoms with E-state index in [2.05, 4.69) is 20.2 Å². The number of ether oxygens (including phenoxy) is 1. The third-order valence-corrected chi connectivity index (χ3v) is 7.41. The van der Waals surface area contributed by atoms with Crippen LogP contribution in [0.2, 0.25) is 5.02 Å². The number of nitrogens with one attached hydrogen (secondary N) is 1. The van der Waals surface area contributed by atoms with E-state index in [0.717, 1.165) is 59.4 Å². The van der Waals surface area contributed by atoms with Gasteiger partial charge in [-0.1, -0.05) is 41.9 Å². The minimum absolute atomic E-state index is 0.271. The fourth-order valence-electron chi connectivity index (χ4n) is 4.94. The Kier molecular flexibility index (Phi) is 7.01. The first-order valence-corrected chi connectivity index (χ1v) is 12.6. The Hall–Kier alpha value is -4.01. The average molecular weight is 530 g/mol. The Morgan fingerprint density at radius 2 is 1.79 bits per heavy atom. The molecule has 1 amide bonds. The molecule has 2 aromatic carbocycles. The number of imidazole rings is 1. The van der Waals surface area contributed by atoms with Crippen LogP contribution in [0.1, 0.15) is 37.9 Å². The first-order valence-electron chi connectivity index (χ1n) is 12.3. The van der Waals surface area contributed by atoms with Crippen molar-refractivity contribution in [2.75, 3.05) is 26.0 Å². The second kappa shape index (κ2) is 10.4. The average Bonchev–Trinajstić information content (AvgIpc) is 3.25. The van der Waals surface area contributed by atoms with Gasteiger partial charge in [0.15, 0.2) is 12.1 Å². The SMILES string of the molecule is COc1nc(-c2cccc(-c3cccc(NC(=O)c4nc5c(n4C)CCN(C)C5)c3Cl)c2C)ccc1C=O. The highest BCUT2D eigenvalue weighted by Gasteiger charge is 2.24. The molecule has 3 heterocycles. The molecule has 9 heteroatoms. The highest BCUT2D eigenvalue weighted by molar-refractivity contribution is 6.36. The molecule has 8 nitrogen and oxygen atoms in total. The predicted molar refractivity (Wildman–Crippen MR) is 148 cm³/mol. The molecule has 5 rings (SSSR count). The maximum Gasteiger partial charge on any atom is 0.291 e. The molecule has 0 spiro atoms. The smallest absolute Gasteiger partial charge is 0.291 e. The topological polar surface area (TPSA) is 89.3 Å². The molecule has 0 radical (unpaired) electrons. The van der Waals surface area contributed by atoms with Crippen LogP contribution in [-0.4, -0.2) is 52.3 Å². The lowest BCUT2D eigenvalue weighted by Gasteiger charge is -2.21. The van der Waals surface area contributed by atoms with Crippen molar-refractivity contribution in [3.05, 3.63) is 81.9 Å². The summed E-state index contributed by atoms with van der Waals surface area (Å²) in [7, 11) is 5.41. The molecule has 1 aliphatic rings. The van der Waals surface area contributed by atoms with E-state index >= 15 is 0 Å². The molecule has 0 fully saturated rings. The third kappa shape index (κ3) is 4.57. The fraction of sp³-hybridized carbons (Fsp3) is 0.241. The summed E-state index contributed by atoms with van der Waals surface area (Å²) in [6.07, 6.45) is 1.57. The van der Waals surface area contributed by atoms with E-state index in [0.29, 0.717) is 27.8 Å². The first kappa shape index (κ1) is 25.6. The molecule has 2 aromatic heterocycles. The number of methoxy groups -OCH3 is 1. The minimum Gasteiger partial charge on any atom is -0.480 e. The number of anilines is 1. The maximum atomic E-state index is 13.2. The van der Waals surface area contributed by atoms with E-state index in [1.807, 2.05) is 55.9 Å². The number of amides is 1. The van der Waals surface area contributed by atoms with Crippen LogP contribution in [-0.2, 0) is 20.0 Å². The van der Waals surface area contributed by atoms with Gasteiger partial charge in [-0.2, -0.15) is 0 Å². The molecule has 0 saturated carbocycles. The van der Waals surface area contributed by atoms with E-state index < -0.39 is 0 Å². The zero-order valence-electron chi connectivity index (χ0n) is 21.7. The van der Waals surface area contributed by atoms with E-state index in [1.54, 1.807) is 18.2 Å². The van der Waals surface area contributed by atoms with Crippen LogP contribution in [0.15, 0.2) is 48.5 Å². The molecule has 1 N–H and O–H groups in total. The van der Waals surface area contributed by atoms with Gasteiger partial charge in [0.05, 0.1) is 34.8 Å². The number of aldehydes is 1. The fourth-order valence-corrected chi connectivity index (χ4v) is 5.21. The van der Waals surface area contributed by atoms with E-state index in [-0.39, 0.29) is 11.8 Å². The number of fused-ring (bicyclic) bond motifs is 1. The van der Waals surface area contributed by atoms with Gasteiger partial charge >= 0.3 is 0 Å². The normalized spacial score (nSPS) is 13.2. The van der Waals surface area contributed by atoms with Crippen molar-refractivity contribution < 1.29 is 14.3 Å². The van der Waals surface area contributed by atoms with Crippen LogP contribution < -0.4 is 10.1 Å². The van der Waals surface area contributed by atoms with Crippen LogP contribution in [0.25, 0.3) is 22.4 Å². The molecule has 0 atom stereocenters. The highest BCUT2D eigenvalue weighted by atomic mass is 35.5. The Balaban J connectivity index is 1.48. The number of halogens is 1. The maximum absolute atomic E-state index is 13.2. The Morgan fingerprint density at radius 1 is 1.05 bits per heavy atom. The number of likely N-dealkylation sites (N-methyl/N-ethyl adjacent to an activating group) is 1. The molecule has 0 saturated heterocycles. The predicted octanol–water partition coefficient (Wildman–Crippen LogP) is 5.17.